The van der Waals surface area contributed by atoms with E-state index in [1.807, 2.05) is 65.7 Å². The van der Waals surface area contributed by atoms with Gasteiger partial charge in [-0.25, -0.2) is 5.01 Å². The highest BCUT2D eigenvalue weighted by Crippen LogP contribution is 2.38. The monoisotopic (exact) mass is 484 g/mol. The molecule has 2 atom stereocenters. The second kappa shape index (κ2) is 10.1. The first-order valence-corrected chi connectivity index (χ1v) is 12.2. The molecule has 0 saturated carbocycles. The molecule has 0 radical (unpaired) electrons. The van der Waals surface area contributed by atoms with Crippen molar-refractivity contribution < 1.29 is 14.3 Å². The molecule has 35 heavy (non-hydrogen) atoms. The van der Waals surface area contributed by atoms with E-state index in [0.717, 1.165) is 16.8 Å². The molecule has 0 saturated heterocycles. The fraction of sp³-hybridized carbons (Fsp3) is 0.185. The van der Waals surface area contributed by atoms with Gasteiger partial charge in [-0.05, 0) is 23.3 Å². The van der Waals surface area contributed by atoms with Crippen LogP contribution in [-0.2, 0) is 9.59 Å². The van der Waals surface area contributed by atoms with E-state index in [-0.39, 0.29) is 24.3 Å². The van der Waals surface area contributed by atoms with Crippen LogP contribution in [0.1, 0.15) is 30.0 Å². The van der Waals surface area contributed by atoms with Gasteiger partial charge in [0.2, 0.25) is 5.91 Å². The SMILES string of the molecule is COc1ccccc1NC(=O)CC1SC(N2N=C(c3ccccc3)CC2c2ccccc2)=NC1=O. The third kappa shape index (κ3) is 4.97. The number of hydrogen-bond donors (Lipinski definition) is 1. The summed E-state index contributed by atoms with van der Waals surface area (Å²) in [6.45, 7) is 0. The van der Waals surface area contributed by atoms with Crippen LogP contribution in [0.3, 0.4) is 0 Å². The lowest BCUT2D eigenvalue weighted by molar-refractivity contribution is -0.121. The van der Waals surface area contributed by atoms with Crippen LogP contribution in [0.15, 0.2) is 95.0 Å². The molecule has 3 aromatic rings. The average Bonchev–Trinajstić information content (AvgIpc) is 3.49. The minimum absolute atomic E-state index is 0.00759. The molecule has 2 heterocycles. The highest BCUT2D eigenvalue weighted by Gasteiger charge is 2.39. The molecule has 8 heteroatoms. The number of rotatable bonds is 6. The minimum atomic E-state index is -0.605. The van der Waals surface area contributed by atoms with Gasteiger partial charge in [0.1, 0.15) is 11.0 Å². The number of aliphatic imine (C=N–C) groups is 1. The van der Waals surface area contributed by atoms with Crippen LogP contribution in [0.25, 0.3) is 0 Å². The van der Waals surface area contributed by atoms with Crippen molar-refractivity contribution in [3.63, 3.8) is 0 Å². The molecule has 1 N–H and O–H groups in total. The number of amides is 2. The molecule has 176 valence electrons. The molecule has 2 aliphatic heterocycles. The zero-order valence-corrected chi connectivity index (χ0v) is 19.9. The smallest absolute Gasteiger partial charge is 0.262 e. The van der Waals surface area contributed by atoms with Gasteiger partial charge < -0.3 is 10.1 Å². The van der Waals surface area contributed by atoms with Gasteiger partial charge in [0.05, 0.1) is 24.6 Å². The van der Waals surface area contributed by atoms with Crippen LogP contribution in [0, 0.1) is 0 Å². The van der Waals surface area contributed by atoms with E-state index in [1.165, 1.54) is 11.8 Å². The van der Waals surface area contributed by atoms with Crippen LogP contribution in [0.2, 0.25) is 0 Å². The highest BCUT2D eigenvalue weighted by atomic mass is 32.2. The van der Waals surface area contributed by atoms with E-state index in [0.29, 0.717) is 23.0 Å². The summed E-state index contributed by atoms with van der Waals surface area (Å²) in [7, 11) is 1.55. The van der Waals surface area contributed by atoms with Gasteiger partial charge in [0.15, 0.2) is 5.17 Å². The topological polar surface area (TPSA) is 83.4 Å². The molecule has 7 nitrogen and oxygen atoms in total. The fourth-order valence-corrected chi connectivity index (χ4v) is 5.21. The Hall–Kier alpha value is -3.91. The largest absolute Gasteiger partial charge is 0.495 e. The summed E-state index contributed by atoms with van der Waals surface area (Å²) < 4.78 is 5.29. The normalized spacial score (nSPS) is 19.3. The minimum Gasteiger partial charge on any atom is -0.495 e. The molecule has 3 aromatic carbocycles. The van der Waals surface area contributed by atoms with Gasteiger partial charge in [0.25, 0.3) is 5.91 Å². The summed E-state index contributed by atoms with van der Waals surface area (Å²) in [5.41, 5.74) is 3.64. The number of thioether (sulfide) groups is 1. The van der Waals surface area contributed by atoms with Crippen LogP contribution in [-0.4, -0.2) is 40.1 Å². The number of benzene rings is 3. The van der Waals surface area contributed by atoms with Crippen molar-refractivity contribution in [2.75, 3.05) is 12.4 Å². The van der Waals surface area contributed by atoms with Gasteiger partial charge in [-0.3, -0.25) is 9.59 Å². The maximum absolute atomic E-state index is 12.8. The predicted molar refractivity (Wildman–Crippen MR) is 139 cm³/mol. The molecule has 0 spiro atoms. The molecule has 0 fully saturated rings. The highest BCUT2D eigenvalue weighted by molar-refractivity contribution is 8.15. The Kier molecular flexibility index (Phi) is 6.63. The zero-order valence-electron chi connectivity index (χ0n) is 19.1. The van der Waals surface area contributed by atoms with Crippen LogP contribution >= 0.6 is 11.8 Å². The first-order chi connectivity index (χ1) is 17.1. The zero-order chi connectivity index (χ0) is 24.2. The quantitative estimate of drug-likeness (QED) is 0.540. The molecule has 2 aliphatic rings. The summed E-state index contributed by atoms with van der Waals surface area (Å²) in [6.07, 6.45) is 0.703. The number of hydrazone groups is 1. The Labute approximate surface area is 207 Å². The molecular weight excluding hydrogens is 460 g/mol. The van der Waals surface area contributed by atoms with Gasteiger partial charge in [-0.1, -0.05) is 84.6 Å². The summed E-state index contributed by atoms with van der Waals surface area (Å²) in [6, 6.07) is 27.2. The molecule has 2 amide bonds. The maximum Gasteiger partial charge on any atom is 0.262 e. The van der Waals surface area contributed by atoms with Gasteiger partial charge in [0, 0.05) is 12.8 Å². The lowest BCUT2D eigenvalue weighted by atomic mass is 9.99. The fourth-order valence-electron chi connectivity index (χ4n) is 4.15. The summed E-state index contributed by atoms with van der Waals surface area (Å²) in [5.74, 6) is -0.0320. The van der Waals surface area contributed by atoms with Gasteiger partial charge in [-0.15, -0.1) is 0 Å². The number of carbonyl (C=O) groups is 2. The van der Waals surface area contributed by atoms with Gasteiger partial charge in [-0.2, -0.15) is 10.1 Å². The molecule has 0 bridgehead atoms. The van der Waals surface area contributed by atoms with Crippen molar-refractivity contribution in [3.05, 3.63) is 96.1 Å². The Morgan fingerprint density at radius 1 is 1.03 bits per heavy atom. The molecule has 0 aromatic heterocycles. The van der Waals surface area contributed by atoms with E-state index in [9.17, 15) is 9.59 Å². The second-order valence-corrected chi connectivity index (χ2v) is 9.35. The van der Waals surface area contributed by atoms with E-state index >= 15 is 0 Å². The number of ether oxygens (including phenoxy) is 1. The van der Waals surface area contributed by atoms with E-state index in [1.54, 1.807) is 19.2 Å². The van der Waals surface area contributed by atoms with Crippen molar-refractivity contribution in [2.24, 2.45) is 10.1 Å². The molecule has 5 rings (SSSR count). The number of methoxy groups -OCH3 is 1. The van der Waals surface area contributed by atoms with Crippen molar-refractivity contribution >= 4 is 40.1 Å². The summed E-state index contributed by atoms with van der Waals surface area (Å²) in [5, 5.41) is 9.45. The average molecular weight is 485 g/mol. The van der Waals surface area contributed by atoms with Crippen molar-refractivity contribution in [2.45, 2.75) is 24.1 Å². The summed E-state index contributed by atoms with van der Waals surface area (Å²) in [4.78, 5) is 29.8. The number of carbonyl (C=O) groups excluding carboxylic acids is 2. The van der Waals surface area contributed by atoms with Crippen molar-refractivity contribution in [1.29, 1.82) is 0 Å². The number of amidine groups is 1. The first kappa shape index (κ1) is 22.9. The summed E-state index contributed by atoms with van der Waals surface area (Å²) >= 11 is 1.29. The number of anilines is 1. The van der Waals surface area contributed by atoms with E-state index < -0.39 is 5.25 Å². The number of para-hydroxylation sites is 2. The number of nitrogens with zero attached hydrogens (tertiary/aromatic N) is 3. The van der Waals surface area contributed by atoms with Crippen LogP contribution in [0.5, 0.6) is 5.75 Å². The Morgan fingerprint density at radius 2 is 1.71 bits per heavy atom. The lowest BCUT2D eigenvalue weighted by Gasteiger charge is -2.23. The molecule has 0 aliphatic carbocycles. The third-order valence-corrected chi connectivity index (χ3v) is 7.02. The van der Waals surface area contributed by atoms with Crippen LogP contribution in [0.4, 0.5) is 5.69 Å². The third-order valence-electron chi connectivity index (χ3n) is 5.88. The van der Waals surface area contributed by atoms with Gasteiger partial charge >= 0.3 is 0 Å². The second-order valence-electron chi connectivity index (χ2n) is 8.18. The van der Waals surface area contributed by atoms with Crippen LogP contribution < -0.4 is 10.1 Å². The predicted octanol–water partition coefficient (Wildman–Crippen LogP) is 4.87. The van der Waals surface area contributed by atoms with E-state index in [2.05, 4.69) is 22.4 Å². The molecular formula is C27H24N4O3S. The van der Waals surface area contributed by atoms with E-state index in [4.69, 9.17) is 9.84 Å². The standard InChI is InChI=1S/C27H24N4O3S/c1-34-23-15-9-8-14-20(23)28-25(32)17-24-26(33)29-27(35-24)31-22(19-12-6-3-7-13-19)16-21(30-31)18-10-4-2-5-11-18/h2-15,22,24H,16-17H2,1H3,(H,28,32). The Bertz CT molecular complexity index is 1290. The maximum atomic E-state index is 12.8. The first-order valence-electron chi connectivity index (χ1n) is 11.3. The Morgan fingerprint density at radius 3 is 2.46 bits per heavy atom. The number of nitrogens with one attached hydrogen (secondary N) is 1. The Balaban J connectivity index is 1.33. The molecule has 2 unspecified atom stereocenters. The lowest BCUT2D eigenvalue weighted by Crippen LogP contribution is -2.25. The van der Waals surface area contributed by atoms with Crippen molar-refractivity contribution in [3.8, 4) is 5.75 Å². The number of hydrogen-bond acceptors (Lipinski definition) is 6. The van der Waals surface area contributed by atoms with Crippen molar-refractivity contribution in [1.82, 2.24) is 5.01 Å².